The van der Waals surface area contributed by atoms with Crippen LogP contribution in [0.25, 0.3) is 0 Å². The number of benzene rings is 1. The van der Waals surface area contributed by atoms with Crippen molar-refractivity contribution in [1.29, 1.82) is 0 Å². The van der Waals surface area contributed by atoms with Crippen molar-refractivity contribution in [3.63, 3.8) is 0 Å². The largest absolute Gasteiger partial charge is 0.468 e. The van der Waals surface area contributed by atoms with Crippen molar-refractivity contribution in [2.45, 2.75) is 18.8 Å². The molecule has 11 heteroatoms. The summed E-state index contributed by atoms with van der Waals surface area (Å²) in [6, 6.07) is 6.38. The maximum absolute atomic E-state index is 12.8. The lowest BCUT2D eigenvalue weighted by Gasteiger charge is -2.40. The number of carbonyl (C=O) groups is 3. The van der Waals surface area contributed by atoms with E-state index in [1.54, 1.807) is 7.05 Å². The summed E-state index contributed by atoms with van der Waals surface area (Å²) < 4.78 is 4.75. The first-order valence-corrected chi connectivity index (χ1v) is 10.5. The molecule has 3 heterocycles. The molecule has 166 valence electrons. The number of amides is 3. The third kappa shape index (κ3) is 4.17. The first kappa shape index (κ1) is 21.4. The van der Waals surface area contributed by atoms with Gasteiger partial charge in [-0.2, -0.15) is 0 Å². The van der Waals surface area contributed by atoms with Crippen LogP contribution in [0.4, 0.5) is 4.79 Å². The summed E-state index contributed by atoms with van der Waals surface area (Å²) in [4.78, 5) is 48.7. The molecule has 4 rings (SSSR count). The van der Waals surface area contributed by atoms with Crippen molar-refractivity contribution in [1.82, 2.24) is 24.9 Å². The number of hydrogen-bond acceptors (Lipinski definition) is 8. The minimum atomic E-state index is -0.637. The van der Waals surface area contributed by atoms with Crippen LogP contribution in [-0.4, -0.2) is 103 Å². The number of piperazine rings is 1. The van der Waals surface area contributed by atoms with E-state index in [1.165, 1.54) is 12.0 Å². The Morgan fingerprint density at radius 1 is 1.23 bits per heavy atom. The Morgan fingerprint density at radius 2 is 1.94 bits per heavy atom. The van der Waals surface area contributed by atoms with Crippen molar-refractivity contribution in [3.8, 4) is 0 Å². The van der Waals surface area contributed by atoms with Crippen LogP contribution in [0.15, 0.2) is 29.3 Å². The van der Waals surface area contributed by atoms with Crippen LogP contribution in [0.1, 0.15) is 5.56 Å². The second-order valence-corrected chi connectivity index (χ2v) is 8.16. The van der Waals surface area contributed by atoms with E-state index in [9.17, 15) is 14.4 Å². The molecule has 1 aromatic rings. The summed E-state index contributed by atoms with van der Waals surface area (Å²) in [5.41, 5.74) is 0.870. The Balaban J connectivity index is 1.58. The summed E-state index contributed by atoms with van der Waals surface area (Å²) in [6.07, 6.45) is -0.605. The van der Waals surface area contributed by atoms with Crippen molar-refractivity contribution in [2.24, 2.45) is 4.99 Å². The molecule has 1 aromatic carbocycles. The Morgan fingerprint density at radius 3 is 2.61 bits per heavy atom. The van der Waals surface area contributed by atoms with Gasteiger partial charge in [-0.15, -0.1) is 0 Å². The average Bonchev–Trinajstić information content (AvgIpc) is 3.14. The Labute approximate surface area is 185 Å². The highest BCUT2D eigenvalue weighted by atomic mass is 35.5. The lowest BCUT2D eigenvalue weighted by Crippen LogP contribution is -2.64. The molecule has 2 saturated heterocycles. The molecule has 10 nitrogen and oxygen atoms in total. The molecule has 3 aliphatic rings. The molecule has 0 radical (unpaired) electrons. The van der Waals surface area contributed by atoms with Crippen LogP contribution in [0.3, 0.4) is 0 Å². The van der Waals surface area contributed by atoms with Gasteiger partial charge in [0.1, 0.15) is 0 Å². The first-order valence-electron chi connectivity index (χ1n) is 10.1. The lowest BCUT2D eigenvalue weighted by molar-refractivity contribution is -0.142. The van der Waals surface area contributed by atoms with Crippen LogP contribution in [-0.2, 0) is 20.9 Å². The number of hydrogen-bond donors (Lipinski definition) is 1. The lowest BCUT2D eigenvalue weighted by atomic mass is 10.1. The molecule has 3 amide bonds. The zero-order chi connectivity index (χ0) is 22.1. The molecule has 1 N–H and O–H groups in total. The van der Waals surface area contributed by atoms with E-state index in [0.29, 0.717) is 43.7 Å². The summed E-state index contributed by atoms with van der Waals surface area (Å²) in [7, 11) is 3.01. The first-order chi connectivity index (χ1) is 14.9. The van der Waals surface area contributed by atoms with Crippen molar-refractivity contribution in [2.75, 3.05) is 46.9 Å². The number of nitrogens with zero attached hydrogens (tertiary/aromatic N) is 5. The third-order valence-corrected chi connectivity index (χ3v) is 6.24. The van der Waals surface area contributed by atoms with Gasteiger partial charge in [-0.3, -0.25) is 19.8 Å². The summed E-state index contributed by atoms with van der Waals surface area (Å²) >= 11 is 6.39. The fraction of sp³-hybridized carbons (Fsp3) is 0.500. The predicted molar refractivity (Wildman–Crippen MR) is 113 cm³/mol. The van der Waals surface area contributed by atoms with Gasteiger partial charge < -0.3 is 19.4 Å². The molecular formula is C20H25ClN6O4. The van der Waals surface area contributed by atoms with Crippen LogP contribution in [0, 0.1) is 0 Å². The quantitative estimate of drug-likeness (QED) is 0.656. The van der Waals surface area contributed by atoms with Crippen LogP contribution >= 0.6 is 11.6 Å². The number of imide groups is 1. The molecule has 31 heavy (non-hydrogen) atoms. The Hall–Kier alpha value is -2.85. The third-order valence-electron chi connectivity index (χ3n) is 5.87. The zero-order valence-corrected chi connectivity index (χ0v) is 18.2. The number of nitrogens with one attached hydrogen (secondary N) is 1. The van der Waals surface area contributed by atoms with Crippen molar-refractivity contribution < 1.29 is 19.1 Å². The zero-order valence-electron chi connectivity index (χ0n) is 17.5. The van der Waals surface area contributed by atoms with Gasteiger partial charge in [-0.25, -0.2) is 9.79 Å². The van der Waals surface area contributed by atoms with Gasteiger partial charge >= 0.3 is 12.0 Å². The standard InChI is InChI=1S/C20H25ClN6O4/c1-24-17-16(18(29)23-20(24)30)27(11-13-5-3-4-6-14(13)21)19(22-17)26-9-7-25(8-10-26)12-15(28)31-2/h3-6,16-17H,7-12H2,1-2H3,(H,23,29,30). The monoisotopic (exact) mass is 448 g/mol. The molecule has 0 aliphatic carbocycles. The van der Waals surface area contributed by atoms with E-state index in [4.69, 9.17) is 21.3 Å². The fourth-order valence-corrected chi connectivity index (χ4v) is 4.30. The van der Waals surface area contributed by atoms with Crippen LogP contribution < -0.4 is 5.32 Å². The number of urea groups is 1. The van der Waals surface area contributed by atoms with Crippen molar-refractivity contribution >= 4 is 35.5 Å². The van der Waals surface area contributed by atoms with Gasteiger partial charge in [0, 0.05) is 44.8 Å². The minimum absolute atomic E-state index is 0.241. The van der Waals surface area contributed by atoms with Gasteiger partial charge in [-0.05, 0) is 11.6 Å². The van der Waals surface area contributed by atoms with Gasteiger partial charge in [0.15, 0.2) is 18.2 Å². The molecule has 2 atom stereocenters. The van der Waals surface area contributed by atoms with Crippen molar-refractivity contribution in [3.05, 3.63) is 34.9 Å². The molecule has 0 saturated carbocycles. The van der Waals surface area contributed by atoms with Crippen LogP contribution in [0.2, 0.25) is 5.02 Å². The number of halogens is 1. The van der Waals surface area contributed by atoms with E-state index in [1.807, 2.05) is 34.1 Å². The maximum atomic E-state index is 12.8. The number of methoxy groups -OCH3 is 1. The number of likely N-dealkylation sites (N-methyl/N-ethyl adjacent to an activating group) is 1. The SMILES string of the molecule is COC(=O)CN1CCN(C2=NC3C(C(=O)NC(=O)N3C)N2Cc2ccccc2Cl)CC1. The Bertz CT molecular complexity index is 917. The van der Waals surface area contributed by atoms with Gasteiger partial charge in [0.25, 0.3) is 5.91 Å². The molecular weight excluding hydrogens is 424 g/mol. The minimum Gasteiger partial charge on any atom is -0.468 e. The summed E-state index contributed by atoms with van der Waals surface area (Å²) in [6.45, 7) is 3.21. The molecule has 3 aliphatic heterocycles. The van der Waals surface area contributed by atoms with Gasteiger partial charge in [0.2, 0.25) is 0 Å². The highest BCUT2D eigenvalue weighted by molar-refractivity contribution is 6.31. The highest BCUT2D eigenvalue weighted by Gasteiger charge is 2.50. The molecule has 0 spiro atoms. The predicted octanol–water partition coefficient (Wildman–Crippen LogP) is 0.179. The normalized spacial score (nSPS) is 24.1. The summed E-state index contributed by atoms with van der Waals surface area (Å²) in [5, 5.41) is 3.02. The number of esters is 1. The number of carbonyl (C=O) groups excluding carboxylic acids is 3. The van der Waals surface area contributed by atoms with E-state index >= 15 is 0 Å². The van der Waals surface area contributed by atoms with E-state index in [-0.39, 0.29) is 18.4 Å². The molecule has 2 fully saturated rings. The molecule has 0 aromatic heterocycles. The van der Waals surface area contributed by atoms with E-state index < -0.39 is 18.2 Å². The van der Waals surface area contributed by atoms with Gasteiger partial charge in [0.05, 0.1) is 13.7 Å². The average molecular weight is 449 g/mol. The molecule has 2 unspecified atom stereocenters. The Kier molecular flexibility index (Phi) is 6.01. The topological polar surface area (TPSA) is 97.8 Å². The number of guanidine groups is 1. The molecule has 0 bridgehead atoms. The van der Waals surface area contributed by atoms with Gasteiger partial charge in [-0.1, -0.05) is 29.8 Å². The second-order valence-electron chi connectivity index (χ2n) is 7.75. The number of aliphatic imine (C=N–C) groups is 1. The smallest absolute Gasteiger partial charge is 0.325 e. The fourth-order valence-electron chi connectivity index (χ4n) is 4.11. The maximum Gasteiger partial charge on any atom is 0.325 e. The summed E-state index contributed by atoms with van der Waals surface area (Å²) in [5.74, 6) is 0.0161. The number of fused-ring (bicyclic) bond motifs is 1. The number of ether oxygens (including phenoxy) is 1. The van der Waals surface area contributed by atoms with E-state index in [2.05, 4.69) is 10.2 Å². The second kappa shape index (κ2) is 8.72. The number of rotatable bonds is 4. The van der Waals surface area contributed by atoms with E-state index in [0.717, 1.165) is 5.56 Å². The highest BCUT2D eigenvalue weighted by Crippen LogP contribution is 2.29. The van der Waals surface area contributed by atoms with Crippen LogP contribution in [0.5, 0.6) is 0 Å².